The molecule has 0 aromatic carbocycles. The molecule has 0 aliphatic rings. The van der Waals surface area contributed by atoms with Crippen molar-refractivity contribution in [2.24, 2.45) is 0 Å². The summed E-state index contributed by atoms with van der Waals surface area (Å²) in [6.07, 6.45) is 3.12. The fraction of sp³-hybridized carbons (Fsp3) is 0.615. The number of aryl methyl sites for hydroxylation is 1. The van der Waals surface area contributed by atoms with E-state index in [0.717, 1.165) is 17.8 Å². The van der Waals surface area contributed by atoms with Crippen molar-refractivity contribution in [3.05, 3.63) is 11.8 Å². The summed E-state index contributed by atoms with van der Waals surface area (Å²) < 4.78 is 0. The molecular weight excluding hydrogens is 242 g/mol. The molecule has 0 saturated carbocycles. The van der Waals surface area contributed by atoms with Crippen molar-refractivity contribution in [1.29, 1.82) is 0 Å². The standard InChI is InChI=1S/C13H23N5O/c1-5-10(3)17-11(19)6-7-15-12-9(2)8-16-13(14-4)18-12/h8,10H,5-7H2,1-4H3,(H,17,19)(H2,14,15,16,18). The molecule has 1 heterocycles. The summed E-state index contributed by atoms with van der Waals surface area (Å²) in [6, 6.07) is 0.226. The second-order valence-electron chi connectivity index (χ2n) is 4.53. The monoisotopic (exact) mass is 265 g/mol. The Morgan fingerprint density at radius 2 is 2.21 bits per heavy atom. The predicted molar refractivity (Wildman–Crippen MR) is 77.3 cm³/mol. The van der Waals surface area contributed by atoms with Gasteiger partial charge in [-0.15, -0.1) is 0 Å². The third-order valence-electron chi connectivity index (χ3n) is 2.86. The first-order valence-corrected chi connectivity index (χ1v) is 6.61. The summed E-state index contributed by atoms with van der Waals surface area (Å²) in [5, 5.41) is 8.97. The molecule has 0 bridgehead atoms. The third kappa shape index (κ3) is 5.11. The zero-order valence-electron chi connectivity index (χ0n) is 12.1. The van der Waals surface area contributed by atoms with Crippen molar-refractivity contribution < 1.29 is 4.79 Å². The van der Waals surface area contributed by atoms with Crippen LogP contribution in [0.2, 0.25) is 0 Å². The van der Waals surface area contributed by atoms with E-state index in [9.17, 15) is 4.79 Å². The Hall–Kier alpha value is -1.85. The first-order chi connectivity index (χ1) is 9.06. The molecule has 0 saturated heterocycles. The SMILES string of the molecule is CCC(C)NC(=O)CCNc1nc(NC)ncc1C. The first-order valence-electron chi connectivity index (χ1n) is 6.61. The summed E-state index contributed by atoms with van der Waals surface area (Å²) in [5.41, 5.74) is 0.960. The molecule has 19 heavy (non-hydrogen) atoms. The summed E-state index contributed by atoms with van der Waals surface area (Å²) in [5.74, 6) is 1.38. The molecule has 0 radical (unpaired) electrons. The Kier molecular flexibility index (Phi) is 6.05. The molecule has 1 atom stereocenters. The van der Waals surface area contributed by atoms with E-state index < -0.39 is 0 Å². The zero-order chi connectivity index (χ0) is 14.3. The van der Waals surface area contributed by atoms with Crippen molar-refractivity contribution in [3.63, 3.8) is 0 Å². The largest absolute Gasteiger partial charge is 0.369 e. The highest BCUT2D eigenvalue weighted by Crippen LogP contribution is 2.11. The number of rotatable bonds is 7. The molecule has 106 valence electrons. The molecule has 0 fully saturated rings. The second kappa shape index (κ2) is 7.56. The minimum absolute atomic E-state index is 0.0578. The molecule has 1 amide bonds. The van der Waals surface area contributed by atoms with Crippen molar-refractivity contribution in [3.8, 4) is 0 Å². The van der Waals surface area contributed by atoms with E-state index in [1.807, 2.05) is 20.8 Å². The van der Waals surface area contributed by atoms with Crippen molar-refractivity contribution >= 4 is 17.7 Å². The maximum atomic E-state index is 11.6. The normalized spacial score (nSPS) is 11.8. The van der Waals surface area contributed by atoms with Gasteiger partial charge in [0.2, 0.25) is 11.9 Å². The molecule has 1 aromatic heterocycles. The van der Waals surface area contributed by atoms with Crippen LogP contribution in [0.5, 0.6) is 0 Å². The molecule has 0 spiro atoms. The number of hydrogen-bond donors (Lipinski definition) is 3. The number of nitrogens with one attached hydrogen (secondary N) is 3. The summed E-state index contributed by atoms with van der Waals surface area (Å²) >= 11 is 0. The van der Waals surface area contributed by atoms with E-state index in [-0.39, 0.29) is 11.9 Å². The lowest BCUT2D eigenvalue weighted by molar-refractivity contribution is -0.121. The van der Waals surface area contributed by atoms with Gasteiger partial charge in [-0.25, -0.2) is 4.98 Å². The lowest BCUT2D eigenvalue weighted by Gasteiger charge is -2.12. The van der Waals surface area contributed by atoms with E-state index >= 15 is 0 Å². The Morgan fingerprint density at radius 1 is 1.47 bits per heavy atom. The Morgan fingerprint density at radius 3 is 2.84 bits per heavy atom. The van der Waals surface area contributed by atoms with Crippen molar-refractivity contribution in [2.75, 3.05) is 24.2 Å². The molecule has 1 rings (SSSR count). The summed E-state index contributed by atoms with van der Waals surface area (Å²) in [7, 11) is 1.77. The van der Waals surface area contributed by atoms with Gasteiger partial charge in [-0.3, -0.25) is 4.79 Å². The molecule has 1 aromatic rings. The highest BCUT2D eigenvalue weighted by Gasteiger charge is 2.06. The number of amides is 1. The third-order valence-corrected chi connectivity index (χ3v) is 2.86. The van der Waals surface area contributed by atoms with Gasteiger partial charge in [-0.2, -0.15) is 4.98 Å². The van der Waals surface area contributed by atoms with Crippen LogP contribution >= 0.6 is 0 Å². The molecule has 0 aliphatic carbocycles. The number of aromatic nitrogens is 2. The second-order valence-corrected chi connectivity index (χ2v) is 4.53. The van der Waals surface area contributed by atoms with Gasteiger partial charge in [0.05, 0.1) is 0 Å². The number of hydrogen-bond acceptors (Lipinski definition) is 5. The van der Waals surface area contributed by atoms with Gasteiger partial charge < -0.3 is 16.0 Å². The quantitative estimate of drug-likeness (QED) is 0.697. The maximum absolute atomic E-state index is 11.6. The average Bonchev–Trinajstić information content (AvgIpc) is 2.40. The number of anilines is 2. The van der Waals surface area contributed by atoms with Gasteiger partial charge >= 0.3 is 0 Å². The van der Waals surface area contributed by atoms with Crippen LogP contribution in [0, 0.1) is 6.92 Å². The van der Waals surface area contributed by atoms with Gasteiger partial charge in [0.25, 0.3) is 0 Å². The molecule has 6 heteroatoms. The molecular formula is C13H23N5O. The van der Waals surface area contributed by atoms with Crippen LogP contribution in [0.3, 0.4) is 0 Å². The van der Waals surface area contributed by atoms with Crippen molar-refractivity contribution in [2.45, 2.75) is 39.7 Å². The molecule has 3 N–H and O–H groups in total. The predicted octanol–water partition coefficient (Wildman–Crippen LogP) is 1.54. The van der Waals surface area contributed by atoms with Gasteiger partial charge in [-0.1, -0.05) is 6.92 Å². The number of carbonyl (C=O) groups excluding carboxylic acids is 1. The fourth-order valence-electron chi connectivity index (χ4n) is 1.48. The Labute approximate surface area is 114 Å². The van der Waals surface area contributed by atoms with Gasteiger partial charge in [0, 0.05) is 37.8 Å². The maximum Gasteiger partial charge on any atom is 0.224 e. The van der Waals surface area contributed by atoms with Crippen LogP contribution in [-0.4, -0.2) is 35.5 Å². The molecule has 1 unspecified atom stereocenters. The van der Waals surface area contributed by atoms with E-state index in [1.54, 1.807) is 13.2 Å². The molecule has 0 aliphatic heterocycles. The van der Waals surface area contributed by atoms with E-state index in [4.69, 9.17) is 0 Å². The average molecular weight is 265 g/mol. The van der Waals surface area contributed by atoms with Crippen molar-refractivity contribution in [1.82, 2.24) is 15.3 Å². The van der Waals surface area contributed by atoms with Gasteiger partial charge in [0.15, 0.2) is 0 Å². The minimum Gasteiger partial charge on any atom is -0.369 e. The Balaban J connectivity index is 2.42. The van der Waals surface area contributed by atoms with Crippen LogP contribution in [0.1, 0.15) is 32.3 Å². The zero-order valence-corrected chi connectivity index (χ0v) is 12.1. The number of nitrogens with zero attached hydrogens (tertiary/aromatic N) is 2. The fourth-order valence-corrected chi connectivity index (χ4v) is 1.48. The molecule has 6 nitrogen and oxygen atoms in total. The smallest absolute Gasteiger partial charge is 0.224 e. The Bertz CT molecular complexity index is 421. The van der Waals surface area contributed by atoms with E-state index in [2.05, 4.69) is 25.9 Å². The van der Waals surface area contributed by atoms with E-state index in [0.29, 0.717) is 18.9 Å². The minimum atomic E-state index is 0.0578. The lowest BCUT2D eigenvalue weighted by Crippen LogP contribution is -2.33. The van der Waals surface area contributed by atoms with Crippen LogP contribution in [0.15, 0.2) is 6.20 Å². The summed E-state index contributed by atoms with van der Waals surface area (Å²) in [6.45, 7) is 6.54. The van der Waals surface area contributed by atoms with Crippen LogP contribution in [0.25, 0.3) is 0 Å². The van der Waals surface area contributed by atoms with Crippen LogP contribution in [0.4, 0.5) is 11.8 Å². The van der Waals surface area contributed by atoms with Gasteiger partial charge in [0.1, 0.15) is 5.82 Å². The topological polar surface area (TPSA) is 78.9 Å². The van der Waals surface area contributed by atoms with Gasteiger partial charge in [-0.05, 0) is 20.3 Å². The number of carbonyl (C=O) groups is 1. The first kappa shape index (κ1) is 15.2. The summed E-state index contributed by atoms with van der Waals surface area (Å²) in [4.78, 5) is 20.0. The highest BCUT2D eigenvalue weighted by molar-refractivity contribution is 5.76. The van der Waals surface area contributed by atoms with Crippen LogP contribution in [-0.2, 0) is 4.79 Å². The van der Waals surface area contributed by atoms with Crippen LogP contribution < -0.4 is 16.0 Å². The van der Waals surface area contributed by atoms with E-state index in [1.165, 1.54) is 0 Å². The lowest BCUT2D eigenvalue weighted by atomic mass is 10.2. The highest BCUT2D eigenvalue weighted by atomic mass is 16.1.